The van der Waals surface area contributed by atoms with E-state index in [4.69, 9.17) is 4.52 Å². The Kier molecular flexibility index (Phi) is 7.58. The number of carbonyl (C=O) groups excluding carboxylic acids is 1. The Bertz CT molecular complexity index is 574. The second-order valence-corrected chi connectivity index (χ2v) is 6.11. The normalized spacial score (nSPS) is 10.8. The van der Waals surface area contributed by atoms with E-state index < -0.39 is 0 Å². The Morgan fingerprint density at radius 3 is 2.57 bits per heavy atom. The minimum atomic E-state index is 0.0987. The molecule has 0 fully saturated rings. The lowest BCUT2D eigenvalue weighted by Gasteiger charge is -2.00. The van der Waals surface area contributed by atoms with Gasteiger partial charge in [-0.2, -0.15) is 0 Å². The maximum atomic E-state index is 12.1. The molecule has 23 heavy (non-hydrogen) atoms. The van der Waals surface area contributed by atoms with Crippen molar-refractivity contribution in [2.75, 3.05) is 0 Å². The first-order valence-electron chi connectivity index (χ1n) is 8.82. The topological polar surface area (TPSA) is 43.1 Å². The van der Waals surface area contributed by atoms with Crippen LogP contribution in [0, 0.1) is 0 Å². The summed E-state index contributed by atoms with van der Waals surface area (Å²) in [5, 5.41) is 3.93. The molecule has 1 aromatic heterocycles. The van der Waals surface area contributed by atoms with Crippen molar-refractivity contribution >= 4 is 5.78 Å². The third-order valence-corrected chi connectivity index (χ3v) is 4.08. The van der Waals surface area contributed by atoms with E-state index in [1.807, 2.05) is 12.1 Å². The molecule has 1 aromatic carbocycles. The standard InChI is InChI=1S/C20H27NO2/c1-2-3-4-8-14-18-16-19(21-23-18)20(22)15-10-9-13-17-11-6-5-7-12-17/h5-7,11-12,16H,2-4,8-10,13-15H2,1H3. The second-order valence-electron chi connectivity index (χ2n) is 6.11. The van der Waals surface area contributed by atoms with Crippen LogP contribution in [0.1, 0.15) is 73.7 Å². The van der Waals surface area contributed by atoms with Gasteiger partial charge in [0, 0.05) is 18.9 Å². The van der Waals surface area contributed by atoms with Gasteiger partial charge < -0.3 is 4.52 Å². The van der Waals surface area contributed by atoms with Crippen molar-refractivity contribution in [3.8, 4) is 0 Å². The predicted molar refractivity (Wildman–Crippen MR) is 92.7 cm³/mol. The summed E-state index contributed by atoms with van der Waals surface area (Å²) in [5.41, 5.74) is 1.82. The summed E-state index contributed by atoms with van der Waals surface area (Å²) in [4.78, 5) is 12.1. The van der Waals surface area contributed by atoms with Crippen molar-refractivity contribution in [1.29, 1.82) is 0 Å². The van der Waals surface area contributed by atoms with Crippen molar-refractivity contribution in [1.82, 2.24) is 5.16 Å². The first-order valence-corrected chi connectivity index (χ1v) is 8.82. The number of carbonyl (C=O) groups is 1. The highest BCUT2D eigenvalue weighted by atomic mass is 16.5. The Hall–Kier alpha value is -1.90. The first-order chi connectivity index (χ1) is 11.3. The fourth-order valence-electron chi connectivity index (χ4n) is 2.68. The lowest BCUT2D eigenvalue weighted by molar-refractivity contribution is 0.0970. The molecule has 2 aromatic rings. The van der Waals surface area contributed by atoms with E-state index in [1.165, 1.54) is 24.8 Å². The smallest absolute Gasteiger partial charge is 0.184 e. The fourth-order valence-corrected chi connectivity index (χ4v) is 2.68. The van der Waals surface area contributed by atoms with Gasteiger partial charge in [0.05, 0.1) is 0 Å². The van der Waals surface area contributed by atoms with Crippen molar-refractivity contribution in [3.63, 3.8) is 0 Å². The number of hydrogen-bond donors (Lipinski definition) is 0. The zero-order valence-corrected chi connectivity index (χ0v) is 14.1. The van der Waals surface area contributed by atoms with Crippen LogP contribution in [-0.4, -0.2) is 10.9 Å². The quantitative estimate of drug-likeness (QED) is 0.412. The molecule has 0 N–H and O–H groups in total. The molecule has 0 aliphatic heterocycles. The number of unbranched alkanes of at least 4 members (excludes halogenated alkanes) is 4. The Balaban J connectivity index is 1.66. The van der Waals surface area contributed by atoms with E-state index in [0.29, 0.717) is 12.1 Å². The molecule has 0 unspecified atom stereocenters. The molecule has 3 heteroatoms. The van der Waals surface area contributed by atoms with E-state index in [-0.39, 0.29) is 5.78 Å². The van der Waals surface area contributed by atoms with Gasteiger partial charge in [-0.25, -0.2) is 0 Å². The molecule has 0 spiro atoms. The number of nitrogens with zero attached hydrogens (tertiary/aromatic N) is 1. The number of ketones is 1. The third kappa shape index (κ3) is 6.39. The minimum absolute atomic E-state index is 0.0987. The summed E-state index contributed by atoms with van der Waals surface area (Å²) in [6, 6.07) is 12.2. The summed E-state index contributed by atoms with van der Waals surface area (Å²) in [7, 11) is 0. The van der Waals surface area contributed by atoms with Gasteiger partial charge in [0.2, 0.25) is 0 Å². The van der Waals surface area contributed by atoms with Gasteiger partial charge in [-0.3, -0.25) is 4.79 Å². The summed E-state index contributed by atoms with van der Waals surface area (Å²) >= 11 is 0. The summed E-state index contributed by atoms with van der Waals surface area (Å²) < 4.78 is 5.27. The van der Waals surface area contributed by atoms with E-state index in [9.17, 15) is 4.79 Å². The minimum Gasteiger partial charge on any atom is -0.361 e. The number of aryl methyl sites for hydroxylation is 2. The number of hydrogen-bond acceptors (Lipinski definition) is 3. The van der Waals surface area contributed by atoms with Crippen LogP contribution in [0.25, 0.3) is 0 Å². The molecule has 0 saturated carbocycles. The number of Topliss-reactive ketones (excluding diaryl/α,β-unsaturated/α-hetero) is 1. The molecule has 0 bridgehead atoms. The molecule has 3 nitrogen and oxygen atoms in total. The van der Waals surface area contributed by atoms with E-state index in [1.54, 1.807) is 0 Å². The molecule has 2 rings (SSSR count). The van der Waals surface area contributed by atoms with Gasteiger partial charge in [-0.05, 0) is 31.2 Å². The SMILES string of the molecule is CCCCCCc1cc(C(=O)CCCCc2ccccc2)no1. The molecular weight excluding hydrogens is 286 g/mol. The van der Waals surface area contributed by atoms with Gasteiger partial charge in [-0.1, -0.05) is 61.7 Å². The Morgan fingerprint density at radius 1 is 1.00 bits per heavy atom. The third-order valence-electron chi connectivity index (χ3n) is 4.08. The molecule has 0 saturated heterocycles. The highest BCUT2D eigenvalue weighted by Crippen LogP contribution is 2.13. The van der Waals surface area contributed by atoms with E-state index in [2.05, 4.69) is 36.3 Å². The van der Waals surface area contributed by atoms with Crippen LogP contribution in [0.3, 0.4) is 0 Å². The number of rotatable bonds is 11. The lowest BCUT2D eigenvalue weighted by Crippen LogP contribution is -1.99. The van der Waals surface area contributed by atoms with E-state index in [0.717, 1.165) is 37.9 Å². The van der Waals surface area contributed by atoms with Crippen LogP contribution in [0.4, 0.5) is 0 Å². The molecular formula is C20H27NO2. The maximum absolute atomic E-state index is 12.1. The molecule has 0 amide bonds. The fraction of sp³-hybridized carbons (Fsp3) is 0.500. The van der Waals surface area contributed by atoms with Gasteiger partial charge >= 0.3 is 0 Å². The van der Waals surface area contributed by atoms with Crippen LogP contribution in [0.5, 0.6) is 0 Å². The van der Waals surface area contributed by atoms with E-state index >= 15 is 0 Å². The second kappa shape index (κ2) is 9.98. The number of benzene rings is 1. The van der Waals surface area contributed by atoms with Crippen molar-refractivity contribution in [2.24, 2.45) is 0 Å². The zero-order valence-electron chi connectivity index (χ0n) is 14.1. The highest BCUT2D eigenvalue weighted by molar-refractivity contribution is 5.94. The summed E-state index contributed by atoms with van der Waals surface area (Å²) in [6.45, 7) is 2.20. The molecule has 0 radical (unpaired) electrons. The molecule has 0 atom stereocenters. The first kappa shape index (κ1) is 17.5. The number of aromatic nitrogens is 1. The monoisotopic (exact) mass is 313 g/mol. The zero-order chi connectivity index (χ0) is 16.3. The van der Waals surface area contributed by atoms with Gasteiger partial charge in [0.15, 0.2) is 5.78 Å². The summed E-state index contributed by atoms with van der Waals surface area (Å²) in [5.74, 6) is 0.940. The molecule has 0 aliphatic carbocycles. The van der Waals surface area contributed by atoms with Crippen molar-refractivity contribution < 1.29 is 9.32 Å². The van der Waals surface area contributed by atoms with Gasteiger partial charge in [-0.15, -0.1) is 0 Å². The molecule has 1 heterocycles. The van der Waals surface area contributed by atoms with Crippen molar-refractivity contribution in [3.05, 3.63) is 53.4 Å². The van der Waals surface area contributed by atoms with Crippen LogP contribution in [0.15, 0.2) is 40.9 Å². The van der Waals surface area contributed by atoms with Gasteiger partial charge in [0.1, 0.15) is 11.5 Å². The van der Waals surface area contributed by atoms with Crippen LogP contribution in [0.2, 0.25) is 0 Å². The molecule has 124 valence electrons. The molecule has 0 aliphatic rings. The Labute approximate surface area is 139 Å². The van der Waals surface area contributed by atoms with Crippen LogP contribution >= 0.6 is 0 Å². The lowest BCUT2D eigenvalue weighted by atomic mass is 10.0. The largest absolute Gasteiger partial charge is 0.361 e. The van der Waals surface area contributed by atoms with Crippen molar-refractivity contribution in [2.45, 2.75) is 64.7 Å². The van der Waals surface area contributed by atoms with Crippen LogP contribution < -0.4 is 0 Å². The van der Waals surface area contributed by atoms with Gasteiger partial charge in [0.25, 0.3) is 0 Å². The summed E-state index contributed by atoms with van der Waals surface area (Å²) in [6.07, 6.45) is 9.17. The average molecular weight is 313 g/mol. The Morgan fingerprint density at radius 2 is 1.78 bits per heavy atom. The average Bonchev–Trinajstić information content (AvgIpc) is 3.05. The highest BCUT2D eigenvalue weighted by Gasteiger charge is 2.12. The maximum Gasteiger partial charge on any atom is 0.184 e. The predicted octanol–water partition coefficient (Wildman–Crippen LogP) is 5.39. The van der Waals surface area contributed by atoms with Crippen LogP contribution in [-0.2, 0) is 12.8 Å².